The standard InChI is InChI=1S/C15H20N2O3/c1-10-14(15(20-4)17(2)16-10)13(18)9-11-6-5-7-12(8-11)19-3/h5-8,13,18H,9H2,1-4H3. The lowest BCUT2D eigenvalue weighted by atomic mass is 10.0. The van der Waals surface area contributed by atoms with Crippen molar-refractivity contribution < 1.29 is 14.6 Å². The topological polar surface area (TPSA) is 56.5 Å². The summed E-state index contributed by atoms with van der Waals surface area (Å²) in [6.07, 6.45) is -0.175. The molecule has 0 bridgehead atoms. The summed E-state index contributed by atoms with van der Waals surface area (Å²) in [6, 6.07) is 7.67. The molecule has 1 atom stereocenters. The van der Waals surface area contributed by atoms with E-state index in [1.165, 1.54) is 0 Å². The van der Waals surface area contributed by atoms with Crippen LogP contribution in [0.3, 0.4) is 0 Å². The van der Waals surface area contributed by atoms with Gasteiger partial charge in [0, 0.05) is 13.5 Å². The van der Waals surface area contributed by atoms with Gasteiger partial charge in [-0.05, 0) is 24.6 Å². The van der Waals surface area contributed by atoms with Crippen LogP contribution in [0, 0.1) is 6.92 Å². The van der Waals surface area contributed by atoms with E-state index in [-0.39, 0.29) is 0 Å². The quantitative estimate of drug-likeness (QED) is 0.907. The van der Waals surface area contributed by atoms with Crippen molar-refractivity contribution >= 4 is 0 Å². The Labute approximate surface area is 118 Å². The molecular weight excluding hydrogens is 256 g/mol. The van der Waals surface area contributed by atoms with Gasteiger partial charge < -0.3 is 14.6 Å². The van der Waals surface area contributed by atoms with Crippen molar-refractivity contribution in [1.29, 1.82) is 0 Å². The lowest BCUT2D eigenvalue weighted by Crippen LogP contribution is -2.05. The van der Waals surface area contributed by atoms with Crippen molar-refractivity contribution in [2.45, 2.75) is 19.4 Å². The van der Waals surface area contributed by atoms with Crippen LogP contribution in [0.25, 0.3) is 0 Å². The van der Waals surface area contributed by atoms with Gasteiger partial charge in [-0.1, -0.05) is 12.1 Å². The Morgan fingerprint density at radius 2 is 2.05 bits per heavy atom. The fourth-order valence-corrected chi connectivity index (χ4v) is 2.40. The van der Waals surface area contributed by atoms with Gasteiger partial charge in [-0.15, -0.1) is 0 Å². The minimum absolute atomic E-state index is 0.486. The van der Waals surface area contributed by atoms with E-state index in [1.54, 1.807) is 25.9 Å². The maximum absolute atomic E-state index is 10.5. The minimum Gasteiger partial charge on any atom is -0.497 e. The highest BCUT2D eigenvalue weighted by molar-refractivity contribution is 5.35. The predicted octanol–water partition coefficient (Wildman–Crippen LogP) is 2.02. The Morgan fingerprint density at radius 3 is 2.70 bits per heavy atom. The normalized spacial score (nSPS) is 12.2. The van der Waals surface area contributed by atoms with Crippen LogP contribution in [0.5, 0.6) is 11.6 Å². The third kappa shape index (κ3) is 2.77. The molecule has 1 aromatic heterocycles. The Bertz CT molecular complexity index is 593. The first kappa shape index (κ1) is 14.4. The molecule has 0 aliphatic carbocycles. The average molecular weight is 276 g/mol. The molecule has 0 radical (unpaired) electrons. The maximum Gasteiger partial charge on any atom is 0.217 e. The summed E-state index contributed by atoms with van der Waals surface area (Å²) in [4.78, 5) is 0. The fraction of sp³-hybridized carbons (Fsp3) is 0.400. The van der Waals surface area contributed by atoms with Crippen molar-refractivity contribution in [2.75, 3.05) is 14.2 Å². The molecule has 5 heteroatoms. The van der Waals surface area contributed by atoms with E-state index in [0.29, 0.717) is 12.3 Å². The number of aliphatic hydroxyl groups excluding tert-OH is 1. The molecule has 1 unspecified atom stereocenters. The van der Waals surface area contributed by atoms with Crippen molar-refractivity contribution in [2.24, 2.45) is 7.05 Å². The molecule has 1 N–H and O–H groups in total. The fourth-order valence-electron chi connectivity index (χ4n) is 2.40. The summed E-state index contributed by atoms with van der Waals surface area (Å²) >= 11 is 0. The zero-order valence-corrected chi connectivity index (χ0v) is 12.3. The largest absolute Gasteiger partial charge is 0.497 e. The van der Waals surface area contributed by atoms with Gasteiger partial charge in [0.2, 0.25) is 5.88 Å². The first-order chi connectivity index (χ1) is 9.56. The maximum atomic E-state index is 10.5. The third-order valence-corrected chi connectivity index (χ3v) is 3.30. The van der Waals surface area contributed by atoms with Crippen molar-refractivity contribution in [3.8, 4) is 11.6 Å². The number of aliphatic hydroxyl groups is 1. The van der Waals surface area contributed by atoms with Gasteiger partial charge in [-0.25, -0.2) is 4.68 Å². The van der Waals surface area contributed by atoms with Gasteiger partial charge in [-0.3, -0.25) is 0 Å². The van der Waals surface area contributed by atoms with E-state index in [2.05, 4.69) is 5.10 Å². The number of aryl methyl sites for hydroxylation is 2. The van der Waals surface area contributed by atoms with Crippen LogP contribution >= 0.6 is 0 Å². The summed E-state index contributed by atoms with van der Waals surface area (Å²) in [5, 5.41) is 14.8. The molecule has 0 spiro atoms. The average Bonchev–Trinajstić information content (AvgIpc) is 2.72. The lowest BCUT2D eigenvalue weighted by Gasteiger charge is -2.13. The van der Waals surface area contributed by atoms with Crippen LogP contribution in [0.4, 0.5) is 0 Å². The zero-order chi connectivity index (χ0) is 14.7. The number of hydrogen-bond acceptors (Lipinski definition) is 4. The number of aromatic nitrogens is 2. The van der Waals surface area contributed by atoms with Gasteiger partial charge in [0.05, 0.1) is 31.6 Å². The van der Waals surface area contributed by atoms with Crippen LogP contribution in [0.2, 0.25) is 0 Å². The molecule has 1 heterocycles. The van der Waals surface area contributed by atoms with Crippen LogP contribution < -0.4 is 9.47 Å². The van der Waals surface area contributed by atoms with E-state index < -0.39 is 6.10 Å². The Balaban J connectivity index is 2.25. The number of hydrogen-bond donors (Lipinski definition) is 1. The SMILES string of the molecule is COc1cccc(CC(O)c2c(C)nn(C)c2OC)c1. The number of nitrogens with zero attached hydrogens (tertiary/aromatic N) is 2. The summed E-state index contributed by atoms with van der Waals surface area (Å²) < 4.78 is 12.1. The van der Waals surface area contributed by atoms with E-state index in [1.807, 2.05) is 31.2 Å². The molecule has 0 saturated carbocycles. The molecular formula is C15H20N2O3. The van der Waals surface area contributed by atoms with Gasteiger partial charge >= 0.3 is 0 Å². The molecule has 0 fully saturated rings. The van der Waals surface area contributed by atoms with Gasteiger partial charge in [0.25, 0.3) is 0 Å². The van der Waals surface area contributed by atoms with E-state index in [4.69, 9.17) is 9.47 Å². The van der Waals surface area contributed by atoms with Crippen LogP contribution in [-0.4, -0.2) is 29.1 Å². The molecule has 108 valence electrons. The smallest absolute Gasteiger partial charge is 0.217 e. The lowest BCUT2D eigenvalue weighted by molar-refractivity contribution is 0.172. The van der Waals surface area contributed by atoms with Crippen molar-refractivity contribution in [1.82, 2.24) is 9.78 Å². The number of benzene rings is 1. The number of ether oxygens (including phenoxy) is 2. The first-order valence-corrected chi connectivity index (χ1v) is 6.45. The van der Waals surface area contributed by atoms with Gasteiger partial charge in [0.1, 0.15) is 5.75 Å². The van der Waals surface area contributed by atoms with Crippen LogP contribution in [0.15, 0.2) is 24.3 Å². The van der Waals surface area contributed by atoms with Crippen molar-refractivity contribution in [3.63, 3.8) is 0 Å². The highest BCUT2D eigenvalue weighted by atomic mass is 16.5. The molecule has 0 aliphatic heterocycles. The molecule has 5 nitrogen and oxygen atoms in total. The van der Waals surface area contributed by atoms with E-state index in [0.717, 1.165) is 22.6 Å². The predicted molar refractivity (Wildman–Crippen MR) is 76.2 cm³/mol. The van der Waals surface area contributed by atoms with Crippen LogP contribution in [-0.2, 0) is 13.5 Å². The monoisotopic (exact) mass is 276 g/mol. The summed E-state index contributed by atoms with van der Waals surface area (Å²) in [5.74, 6) is 1.38. The number of methoxy groups -OCH3 is 2. The highest BCUT2D eigenvalue weighted by Crippen LogP contribution is 2.30. The molecule has 2 aromatic rings. The summed E-state index contributed by atoms with van der Waals surface area (Å²) in [6.45, 7) is 1.87. The second-order valence-corrected chi connectivity index (χ2v) is 4.70. The molecule has 0 saturated heterocycles. The molecule has 0 aliphatic rings. The van der Waals surface area contributed by atoms with Crippen LogP contribution in [0.1, 0.15) is 22.9 Å². The van der Waals surface area contributed by atoms with Gasteiger partial charge in [0.15, 0.2) is 0 Å². The molecule has 1 aromatic carbocycles. The summed E-state index contributed by atoms with van der Waals surface area (Å²) in [5.41, 5.74) is 2.51. The Kier molecular flexibility index (Phi) is 4.29. The highest BCUT2D eigenvalue weighted by Gasteiger charge is 2.21. The van der Waals surface area contributed by atoms with Gasteiger partial charge in [-0.2, -0.15) is 5.10 Å². The Morgan fingerprint density at radius 1 is 1.30 bits per heavy atom. The first-order valence-electron chi connectivity index (χ1n) is 6.45. The Hall–Kier alpha value is -2.01. The van der Waals surface area contributed by atoms with Crippen molar-refractivity contribution in [3.05, 3.63) is 41.1 Å². The molecule has 20 heavy (non-hydrogen) atoms. The minimum atomic E-state index is -0.661. The second-order valence-electron chi connectivity index (χ2n) is 4.70. The van der Waals surface area contributed by atoms with E-state index in [9.17, 15) is 5.11 Å². The summed E-state index contributed by atoms with van der Waals surface area (Å²) in [7, 11) is 5.01. The zero-order valence-electron chi connectivity index (χ0n) is 12.3. The third-order valence-electron chi connectivity index (χ3n) is 3.30. The molecule has 0 amide bonds. The number of rotatable bonds is 5. The second kappa shape index (κ2) is 5.96. The van der Waals surface area contributed by atoms with E-state index >= 15 is 0 Å². The molecule has 2 rings (SSSR count).